The quantitative estimate of drug-likeness (QED) is 0.617. The van der Waals surface area contributed by atoms with Gasteiger partial charge in [0.1, 0.15) is 5.60 Å². The summed E-state index contributed by atoms with van der Waals surface area (Å²) in [5.41, 5.74) is 0.180. The van der Waals surface area contributed by atoms with Crippen LogP contribution in [0.15, 0.2) is 47.0 Å². The maximum atomic E-state index is 13.4. The van der Waals surface area contributed by atoms with E-state index in [4.69, 9.17) is 4.74 Å². The monoisotopic (exact) mass is 457 g/mol. The van der Waals surface area contributed by atoms with Crippen LogP contribution in [0, 0.1) is 11.8 Å². The number of carbonyl (C=O) groups is 2. The standard InChI is InChI=1S/C22H24BrN3O3/c1-22(2,3)29-21(28)26-18-9-8-16(23)12-17(18)19(24-26)20(27)25-11-10-14-6-4-5-7-15(14)13-25/h4-9,12,14-15H,10-11,13H2,1-3H3. The lowest BCUT2D eigenvalue weighted by Crippen LogP contribution is -2.43. The highest BCUT2D eigenvalue weighted by Crippen LogP contribution is 2.31. The van der Waals surface area contributed by atoms with Gasteiger partial charge < -0.3 is 9.64 Å². The van der Waals surface area contributed by atoms with E-state index < -0.39 is 11.7 Å². The lowest BCUT2D eigenvalue weighted by Gasteiger charge is -2.36. The Balaban J connectivity index is 1.69. The lowest BCUT2D eigenvalue weighted by atomic mass is 9.82. The van der Waals surface area contributed by atoms with Gasteiger partial charge in [0.15, 0.2) is 5.69 Å². The molecule has 7 heteroatoms. The van der Waals surface area contributed by atoms with Crippen LogP contribution in [-0.2, 0) is 4.74 Å². The van der Waals surface area contributed by atoms with Crippen molar-refractivity contribution in [3.8, 4) is 0 Å². The average molecular weight is 458 g/mol. The molecule has 2 aliphatic rings. The van der Waals surface area contributed by atoms with Gasteiger partial charge in [0, 0.05) is 28.9 Å². The van der Waals surface area contributed by atoms with Crippen molar-refractivity contribution in [1.29, 1.82) is 0 Å². The van der Waals surface area contributed by atoms with E-state index in [9.17, 15) is 9.59 Å². The van der Waals surface area contributed by atoms with Crippen molar-refractivity contribution in [1.82, 2.24) is 14.7 Å². The smallest absolute Gasteiger partial charge is 0.435 e. The predicted octanol–water partition coefficient (Wildman–Crippen LogP) is 4.79. The highest BCUT2D eigenvalue weighted by Gasteiger charge is 2.32. The Hall–Kier alpha value is -2.41. The molecule has 0 radical (unpaired) electrons. The summed E-state index contributed by atoms with van der Waals surface area (Å²) in [5.74, 6) is 0.648. The van der Waals surface area contributed by atoms with Gasteiger partial charge in [0.25, 0.3) is 5.91 Å². The number of amides is 1. The third kappa shape index (κ3) is 4.01. The number of aromatic nitrogens is 2. The molecule has 1 aliphatic carbocycles. The predicted molar refractivity (Wildman–Crippen MR) is 115 cm³/mol. The molecule has 1 saturated heterocycles. The van der Waals surface area contributed by atoms with Gasteiger partial charge in [-0.15, -0.1) is 0 Å². The normalized spacial score (nSPS) is 21.3. The van der Waals surface area contributed by atoms with E-state index in [1.54, 1.807) is 26.8 Å². The first-order chi connectivity index (χ1) is 13.7. The summed E-state index contributed by atoms with van der Waals surface area (Å²) in [5, 5.41) is 5.03. The van der Waals surface area contributed by atoms with E-state index in [-0.39, 0.29) is 11.6 Å². The van der Waals surface area contributed by atoms with Crippen molar-refractivity contribution < 1.29 is 14.3 Å². The number of carbonyl (C=O) groups excluding carboxylic acids is 2. The van der Waals surface area contributed by atoms with Crippen LogP contribution in [0.3, 0.4) is 0 Å². The van der Waals surface area contributed by atoms with Gasteiger partial charge in [-0.2, -0.15) is 9.78 Å². The molecule has 2 aromatic rings. The van der Waals surface area contributed by atoms with E-state index in [2.05, 4.69) is 39.3 Å². The van der Waals surface area contributed by atoms with E-state index in [0.29, 0.717) is 35.8 Å². The van der Waals surface area contributed by atoms with Crippen molar-refractivity contribution in [2.45, 2.75) is 32.8 Å². The molecule has 2 atom stereocenters. The molecule has 0 saturated carbocycles. The van der Waals surface area contributed by atoms with E-state index in [0.717, 1.165) is 10.9 Å². The Bertz CT molecular complexity index is 1030. The van der Waals surface area contributed by atoms with Gasteiger partial charge in [0.2, 0.25) is 0 Å². The molecule has 1 aliphatic heterocycles. The molecule has 0 spiro atoms. The molecular weight excluding hydrogens is 434 g/mol. The van der Waals surface area contributed by atoms with Crippen LogP contribution in [0.4, 0.5) is 4.79 Å². The summed E-state index contributed by atoms with van der Waals surface area (Å²) < 4.78 is 7.49. The maximum Gasteiger partial charge on any atom is 0.435 e. The first kappa shape index (κ1) is 19.9. The second kappa shape index (κ2) is 7.44. The lowest BCUT2D eigenvalue weighted by molar-refractivity contribution is 0.0520. The maximum absolute atomic E-state index is 13.4. The van der Waals surface area contributed by atoms with Crippen LogP contribution < -0.4 is 0 Å². The van der Waals surface area contributed by atoms with Crippen LogP contribution >= 0.6 is 15.9 Å². The summed E-state index contributed by atoms with van der Waals surface area (Å²) in [6.07, 6.45) is 8.83. The number of allylic oxidation sites excluding steroid dienone is 3. The van der Waals surface area contributed by atoms with Crippen LogP contribution in [0.2, 0.25) is 0 Å². The highest BCUT2D eigenvalue weighted by atomic mass is 79.9. The molecular formula is C22H24BrN3O3. The summed E-state index contributed by atoms with van der Waals surface area (Å²) in [7, 11) is 0. The fourth-order valence-corrected chi connectivity index (χ4v) is 4.24. The van der Waals surface area contributed by atoms with E-state index in [1.165, 1.54) is 4.68 Å². The van der Waals surface area contributed by atoms with Gasteiger partial charge in [-0.1, -0.05) is 40.2 Å². The number of nitrogens with zero attached hydrogens (tertiary/aromatic N) is 3. The summed E-state index contributed by atoms with van der Waals surface area (Å²) in [4.78, 5) is 27.9. The first-order valence-corrected chi connectivity index (χ1v) is 10.6. The van der Waals surface area contributed by atoms with Crippen molar-refractivity contribution in [2.24, 2.45) is 11.8 Å². The van der Waals surface area contributed by atoms with Gasteiger partial charge in [-0.25, -0.2) is 4.79 Å². The first-order valence-electron chi connectivity index (χ1n) is 9.79. The Morgan fingerprint density at radius 1 is 1.17 bits per heavy atom. The minimum absolute atomic E-state index is 0.156. The van der Waals surface area contributed by atoms with Crippen LogP contribution in [-0.4, -0.2) is 45.4 Å². The molecule has 0 bridgehead atoms. The molecule has 0 N–H and O–H groups in total. The topological polar surface area (TPSA) is 64.4 Å². The van der Waals surface area contributed by atoms with Gasteiger partial charge in [0.05, 0.1) is 5.52 Å². The molecule has 4 rings (SSSR count). The summed E-state index contributed by atoms with van der Waals surface area (Å²) in [6.45, 7) is 6.73. The Morgan fingerprint density at radius 3 is 2.62 bits per heavy atom. The Morgan fingerprint density at radius 2 is 1.90 bits per heavy atom. The minimum atomic E-state index is -0.655. The number of benzene rings is 1. The number of ether oxygens (including phenoxy) is 1. The molecule has 2 unspecified atom stereocenters. The summed E-state index contributed by atoms with van der Waals surface area (Å²) in [6, 6.07) is 5.42. The average Bonchev–Trinajstić information content (AvgIpc) is 3.04. The zero-order valence-corrected chi connectivity index (χ0v) is 18.3. The zero-order chi connectivity index (χ0) is 20.8. The number of halogens is 1. The summed E-state index contributed by atoms with van der Waals surface area (Å²) >= 11 is 3.46. The van der Waals surface area contributed by atoms with Gasteiger partial charge in [-0.05, 0) is 51.3 Å². The molecule has 1 amide bonds. The second-order valence-electron chi connectivity index (χ2n) is 8.54. The van der Waals surface area contributed by atoms with E-state index >= 15 is 0 Å². The van der Waals surface area contributed by atoms with Gasteiger partial charge in [-0.3, -0.25) is 4.79 Å². The molecule has 152 valence electrons. The minimum Gasteiger partial charge on any atom is -0.442 e. The molecule has 1 aromatic heterocycles. The Labute approximate surface area is 178 Å². The van der Waals surface area contributed by atoms with Gasteiger partial charge >= 0.3 is 6.09 Å². The molecule has 29 heavy (non-hydrogen) atoms. The molecule has 6 nitrogen and oxygen atoms in total. The van der Waals surface area contributed by atoms with Crippen molar-refractivity contribution in [2.75, 3.05) is 13.1 Å². The molecule has 1 fully saturated rings. The zero-order valence-electron chi connectivity index (χ0n) is 16.8. The number of likely N-dealkylation sites (tertiary alicyclic amines) is 1. The third-order valence-electron chi connectivity index (χ3n) is 5.24. The number of hydrogen-bond acceptors (Lipinski definition) is 4. The molecule has 2 heterocycles. The van der Waals surface area contributed by atoms with Crippen molar-refractivity contribution in [3.63, 3.8) is 0 Å². The van der Waals surface area contributed by atoms with Crippen LogP contribution in [0.1, 0.15) is 37.7 Å². The molecule has 1 aromatic carbocycles. The largest absolute Gasteiger partial charge is 0.442 e. The second-order valence-corrected chi connectivity index (χ2v) is 9.46. The fraction of sp³-hybridized carbons (Fsp3) is 0.409. The number of fused-ring (bicyclic) bond motifs is 2. The van der Waals surface area contributed by atoms with Crippen LogP contribution in [0.5, 0.6) is 0 Å². The van der Waals surface area contributed by atoms with Crippen molar-refractivity contribution in [3.05, 3.63) is 52.7 Å². The fourth-order valence-electron chi connectivity index (χ4n) is 3.88. The Kier molecular flexibility index (Phi) is 5.11. The third-order valence-corrected chi connectivity index (χ3v) is 5.73. The van der Waals surface area contributed by atoms with Crippen molar-refractivity contribution >= 4 is 38.8 Å². The number of rotatable bonds is 1. The number of hydrogen-bond donors (Lipinski definition) is 0. The highest BCUT2D eigenvalue weighted by molar-refractivity contribution is 9.10. The van der Waals surface area contributed by atoms with E-state index in [1.807, 2.05) is 23.1 Å². The SMILES string of the molecule is CC(C)(C)OC(=O)n1nc(C(=O)N2CCC3C=CC=CC3C2)c2cc(Br)ccc21. The van der Waals surface area contributed by atoms with Crippen LogP contribution in [0.25, 0.3) is 10.9 Å². The number of piperidine rings is 1.